The molecule has 2 N–H and O–H groups in total. The normalized spacial score (nSPS) is 11.4. The predicted octanol–water partition coefficient (Wildman–Crippen LogP) is 8.67. The molecule has 0 saturated heterocycles. The molecule has 0 aliphatic heterocycles. The third kappa shape index (κ3) is 7.11. The molecule has 0 aromatic heterocycles. The van der Waals surface area contributed by atoms with Crippen molar-refractivity contribution in [2.45, 2.75) is 105 Å². The van der Waals surface area contributed by atoms with Gasteiger partial charge in [-0.25, -0.2) is 0 Å². The lowest BCUT2D eigenvalue weighted by molar-refractivity contribution is -0.135. The number of carbonyl (C=O) groups is 4. The molecule has 0 saturated carbocycles. The first-order chi connectivity index (χ1) is 24.2. The minimum absolute atomic E-state index is 0.0288. The van der Waals surface area contributed by atoms with Gasteiger partial charge in [-0.1, -0.05) is 77.6 Å². The summed E-state index contributed by atoms with van der Waals surface area (Å²) in [7, 11) is 0. The van der Waals surface area contributed by atoms with E-state index in [1.54, 1.807) is 24.3 Å². The van der Waals surface area contributed by atoms with Crippen molar-refractivity contribution in [1.82, 2.24) is 0 Å². The number of carbonyl (C=O) groups excluding carboxylic acids is 4. The SMILES string of the molecule is CCCCC(=O)Oc1c2c(c(OC(=O)CCCC)c3c(O)cccc13)=c1c(OC(=O)CCCC)c3c(O)cccc3c(OC(=O)CCCC)c1=2. The Bertz CT molecular complexity index is 2020. The first kappa shape index (κ1) is 36.2. The number of rotatable bonds is 16. The van der Waals surface area contributed by atoms with Crippen LogP contribution < -0.4 is 18.9 Å². The maximum absolute atomic E-state index is 13.3. The minimum Gasteiger partial charge on any atom is -0.507 e. The summed E-state index contributed by atoms with van der Waals surface area (Å²) in [4.78, 5) is 53.1. The van der Waals surface area contributed by atoms with Crippen molar-refractivity contribution in [3.05, 3.63) is 57.3 Å². The highest BCUT2D eigenvalue weighted by molar-refractivity contribution is 6.04. The second kappa shape index (κ2) is 16.1. The molecule has 10 heteroatoms. The highest BCUT2D eigenvalue weighted by atomic mass is 16.6. The van der Waals surface area contributed by atoms with E-state index in [4.69, 9.17) is 18.9 Å². The summed E-state index contributed by atoms with van der Waals surface area (Å²) in [5.74, 6) is -2.55. The molecule has 4 aromatic rings. The summed E-state index contributed by atoms with van der Waals surface area (Å²) in [5.41, 5.74) is 0. The van der Waals surface area contributed by atoms with E-state index in [2.05, 4.69) is 0 Å². The van der Waals surface area contributed by atoms with E-state index in [0.29, 0.717) is 36.5 Å². The smallest absolute Gasteiger partial charge is 0.311 e. The topological polar surface area (TPSA) is 146 Å². The fourth-order valence-electron chi connectivity index (χ4n) is 6.16. The molecule has 10 nitrogen and oxygen atoms in total. The van der Waals surface area contributed by atoms with Crippen LogP contribution in [-0.2, 0) is 19.2 Å². The first-order valence-corrected chi connectivity index (χ1v) is 17.6. The van der Waals surface area contributed by atoms with E-state index < -0.39 is 23.9 Å². The van der Waals surface area contributed by atoms with Gasteiger partial charge in [0.2, 0.25) is 0 Å². The van der Waals surface area contributed by atoms with Crippen LogP contribution in [0.1, 0.15) is 105 Å². The summed E-state index contributed by atoms with van der Waals surface area (Å²) in [6, 6.07) is 9.31. The largest absolute Gasteiger partial charge is 0.507 e. The highest BCUT2D eigenvalue weighted by Gasteiger charge is 2.31. The second-order valence-corrected chi connectivity index (χ2v) is 12.5. The molecule has 0 bridgehead atoms. The molecule has 0 spiro atoms. The van der Waals surface area contributed by atoms with Gasteiger partial charge in [0, 0.05) is 57.3 Å². The van der Waals surface area contributed by atoms with Crippen LogP contribution in [0.25, 0.3) is 21.5 Å². The van der Waals surface area contributed by atoms with Crippen LogP contribution in [-0.4, -0.2) is 34.1 Å². The van der Waals surface area contributed by atoms with Gasteiger partial charge < -0.3 is 29.2 Å². The monoisotopic (exact) mass is 684 g/mol. The van der Waals surface area contributed by atoms with Gasteiger partial charge in [-0.2, -0.15) is 0 Å². The van der Waals surface area contributed by atoms with Gasteiger partial charge in [0.25, 0.3) is 0 Å². The quantitative estimate of drug-likeness (QED) is 0.0765. The lowest BCUT2D eigenvalue weighted by atomic mass is 9.90. The Balaban J connectivity index is 2.01. The van der Waals surface area contributed by atoms with E-state index >= 15 is 0 Å². The van der Waals surface area contributed by atoms with Crippen LogP contribution in [0.4, 0.5) is 0 Å². The van der Waals surface area contributed by atoms with Gasteiger partial charge in [-0.15, -0.1) is 0 Å². The number of ether oxygens (including phenoxy) is 4. The van der Waals surface area contributed by atoms with Gasteiger partial charge in [-0.05, 0) is 37.8 Å². The van der Waals surface area contributed by atoms with Crippen molar-refractivity contribution >= 4 is 45.4 Å². The van der Waals surface area contributed by atoms with Crippen LogP contribution in [0.3, 0.4) is 0 Å². The minimum atomic E-state index is -0.559. The second-order valence-electron chi connectivity index (χ2n) is 12.5. The number of benzene rings is 4. The Labute approximate surface area is 289 Å². The average Bonchev–Trinajstić information content (AvgIpc) is 3.08. The molecular formula is C40H44O10. The van der Waals surface area contributed by atoms with Crippen molar-refractivity contribution < 1.29 is 48.3 Å². The molecule has 1 aliphatic carbocycles. The maximum Gasteiger partial charge on any atom is 0.311 e. The molecule has 0 radical (unpaired) electrons. The van der Waals surface area contributed by atoms with Crippen molar-refractivity contribution in [3.63, 3.8) is 0 Å². The summed E-state index contributed by atoms with van der Waals surface area (Å²) in [6.45, 7) is 7.79. The Hall–Kier alpha value is -5.12. The fourth-order valence-corrected chi connectivity index (χ4v) is 6.16. The number of phenols is 2. The summed E-state index contributed by atoms with van der Waals surface area (Å²) < 4.78 is 24.2. The lowest BCUT2D eigenvalue weighted by Gasteiger charge is -2.23. The Morgan fingerprint density at radius 2 is 0.740 bits per heavy atom. The van der Waals surface area contributed by atoms with E-state index in [1.807, 2.05) is 27.7 Å². The molecule has 50 heavy (non-hydrogen) atoms. The zero-order chi connectivity index (χ0) is 35.9. The lowest BCUT2D eigenvalue weighted by Crippen LogP contribution is -2.16. The van der Waals surface area contributed by atoms with Gasteiger partial charge in [0.1, 0.15) is 23.0 Å². The Morgan fingerprint density at radius 1 is 0.460 bits per heavy atom. The number of phenolic OH excluding ortho intramolecular Hbond substituents is 2. The molecule has 0 unspecified atom stereocenters. The molecule has 1 aliphatic rings. The zero-order valence-corrected chi connectivity index (χ0v) is 29.1. The predicted molar refractivity (Wildman–Crippen MR) is 187 cm³/mol. The Morgan fingerprint density at radius 3 is 1.04 bits per heavy atom. The third-order valence-corrected chi connectivity index (χ3v) is 8.74. The number of fused-ring (bicyclic) bond motifs is 4. The number of aromatic hydroxyl groups is 2. The molecule has 5 rings (SSSR count). The molecule has 264 valence electrons. The van der Waals surface area contributed by atoms with Crippen molar-refractivity contribution in [1.29, 1.82) is 0 Å². The molecule has 0 amide bonds. The highest BCUT2D eigenvalue weighted by Crippen LogP contribution is 2.50. The summed E-state index contributed by atoms with van der Waals surface area (Å²) >= 11 is 0. The Kier molecular flexibility index (Phi) is 11.6. The number of esters is 4. The van der Waals surface area contributed by atoms with Crippen LogP contribution in [0.5, 0.6) is 34.5 Å². The fraction of sp³-hybridized carbons (Fsp3) is 0.400. The molecular weight excluding hydrogens is 640 g/mol. The number of hydrogen-bond donors (Lipinski definition) is 2. The van der Waals surface area contributed by atoms with Crippen LogP contribution in [0.2, 0.25) is 0 Å². The first-order valence-electron chi connectivity index (χ1n) is 17.6. The maximum atomic E-state index is 13.3. The van der Waals surface area contributed by atoms with E-state index in [1.165, 1.54) is 12.1 Å². The summed E-state index contributed by atoms with van der Waals surface area (Å²) in [5, 5.41) is 24.4. The van der Waals surface area contributed by atoms with Gasteiger partial charge in [-0.3, -0.25) is 19.2 Å². The molecule has 0 heterocycles. The van der Waals surface area contributed by atoms with E-state index in [-0.39, 0.29) is 91.8 Å². The van der Waals surface area contributed by atoms with Crippen molar-refractivity contribution in [2.24, 2.45) is 0 Å². The van der Waals surface area contributed by atoms with E-state index in [0.717, 1.165) is 25.7 Å². The summed E-state index contributed by atoms with van der Waals surface area (Å²) in [6.07, 6.45) is 5.71. The number of hydrogen-bond acceptors (Lipinski definition) is 10. The zero-order valence-electron chi connectivity index (χ0n) is 29.1. The van der Waals surface area contributed by atoms with Crippen LogP contribution >= 0.6 is 0 Å². The van der Waals surface area contributed by atoms with Crippen LogP contribution in [0, 0.1) is 20.9 Å². The van der Waals surface area contributed by atoms with E-state index in [9.17, 15) is 29.4 Å². The third-order valence-electron chi connectivity index (χ3n) is 8.74. The van der Waals surface area contributed by atoms with Crippen LogP contribution in [0.15, 0.2) is 36.4 Å². The molecule has 0 fully saturated rings. The average molecular weight is 685 g/mol. The van der Waals surface area contributed by atoms with Crippen molar-refractivity contribution in [3.8, 4) is 34.5 Å². The van der Waals surface area contributed by atoms with Gasteiger partial charge in [0.15, 0.2) is 11.5 Å². The van der Waals surface area contributed by atoms with Crippen molar-refractivity contribution in [2.75, 3.05) is 0 Å². The number of unbranched alkanes of at least 4 members (excludes halogenated alkanes) is 4. The van der Waals surface area contributed by atoms with Gasteiger partial charge >= 0.3 is 23.9 Å². The van der Waals surface area contributed by atoms with Gasteiger partial charge in [0.05, 0.1) is 10.8 Å². The standard InChI is InChI=1S/C40H44O10/c1-5-9-19-27(43)47-37-23-15-13-17-25(41)31(23)39(49-29(45)21-11-7-3)35-33(37)34-36(35)40(50-30(46)22-12-8-4)32-24(16-14-18-26(32)42)38(34)48-28(44)20-10-6-2/h13-18,41-42H,5-12,19-22H2,1-4H3. The molecule has 4 aromatic carbocycles. The molecule has 0 atom stereocenters.